The third-order valence-electron chi connectivity index (χ3n) is 6.13. The van der Waals surface area contributed by atoms with E-state index in [4.69, 9.17) is 14.6 Å². The van der Waals surface area contributed by atoms with Crippen LogP contribution in [0.5, 0.6) is 5.75 Å². The summed E-state index contributed by atoms with van der Waals surface area (Å²) >= 11 is 0. The Bertz CT molecular complexity index is 1380. The molecule has 3 aromatic rings. The Labute approximate surface area is 231 Å². The minimum Gasteiger partial charge on any atom is -0.492 e. The van der Waals surface area contributed by atoms with E-state index >= 15 is 0 Å². The minimum atomic E-state index is -5.08. The summed E-state index contributed by atoms with van der Waals surface area (Å²) in [6.07, 6.45) is -1.23. The van der Waals surface area contributed by atoms with Gasteiger partial charge in [-0.2, -0.15) is 13.2 Å². The number of imidazole rings is 1. The number of hydrogen-bond acceptors (Lipinski definition) is 6. The van der Waals surface area contributed by atoms with Crippen LogP contribution in [0.3, 0.4) is 0 Å². The highest BCUT2D eigenvalue weighted by Gasteiger charge is 2.38. The summed E-state index contributed by atoms with van der Waals surface area (Å²) in [5, 5.41) is 10.8. The molecule has 40 heavy (non-hydrogen) atoms. The van der Waals surface area contributed by atoms with Crippen LogP contribution in [0.4, 0.5) is 13.2 Å². The van der Waals surface area contributed by atoms with Gasteiger partial charge in [0.2, 0.25) is 0 Å². The van der Waals surface area contributed by atoms with Gasteiger partial charge in [0.1, 0.15) is 12.4 Å². The highest BCUT2D eigenvalue weighted by Crippen LogP contribution is 2.37. The minimum absolute atomic E-state index is 0.0196. The van der Waals surface area contributed by atoms with E-state index in [1.165, 1.54) is 18.1 Å². The monoisotopic (exact) mass is 582 g/mol. The number of benzene rings is 2. The number of carboxylic acids is 1. The molecule has 1 aliphatic rings. The molecule has 0 bridgehead atoms. The smallest absolute Gasteiger partial charge is 0.490 e. The molecule has 0 unspecified atom stereocenters. The molecule has 1 aromatic heterocycles. The molecule has 0 saturated carbocycles. The van der Waals surface area contributed by atoms with Gasteiger partial charge >= 0.3 is 12.1 Å². The molecule has 0 spiro atoms. The zero-order valence-corrected chi connectivity index (χ0v) is 23.2. The number of halogens is 3. The number of carbonyl (C=O) groups is 1. The Morgan fingerprint density at radius 2 is 1.85 bits per heavy atom. The summed E-state index contributed by atoms with van der Waals surface area (Å²) in [6.45, 7) is 6.11. The maximum Gasteiger partial charge on any atom is 0.490 e. The normalized spacial score (nSPS) is 17.0. The number of rotatable bonds is 9. The quantitative estimate of drug-likeness (QED) is 0.350. The number of aliphatic carboxylic acids is 1. The van der Waals surface area contributed by atoms with Gasteiger partial charge in [-0.3, -0.25) is 0 Å². The van der Waals surface area contributed by atoms with Crippen molar-refractivity contribution in [2.24, 2.45) is 13.0 Å². The Kier molecular flexibility index (Phi) is 10.3. The molecule has 9 nitrogen and oxygen atoms in total. The molecule has 0 saturated heterocycles. The predicted molar refractivity (Wildman–Crippen MR) is 142 cm³/mol. The summed E-state index contributed by atoms with van der Waals surface area (Å²) in [5.74, 6) is -1.12. The molecule has 0 amide bonds. The van der Waals surface area contributed by atoms with Crippen LogP contribution in [-0.4, -0.2) is 54.4 Å². The Morgan fingerprint density at radius 1 is 1.18 bits per heavy atom. The van der Waals surface area contributed by atoms with E-state index in [0.717, 1.165) is 29.8 Å². The highest BCUT2D eigenvalue weighted by atomic mass is 32.2. The van der Waals surface area contributed by atoms with Crippen molar-refractivity contribution in [3.8, 4) is 5.75 Å². The van der Waals surface area contributed by atoms with Crippen molar-refractivity contribution >= 4 is 16.0 Å². The molecule has 0 aliphatic carbocycles. The van der Waals surface area contributed by atoms with Gasteiger partial charge < -0.3 is 19.7 Å². The number of sulfonamides is 1. The van der Waals surface area contributed by atoms with Crippen molar-refractivity contribution in [3.63, 3.8) is 0 Å². The van der Waals surface area contributed by atoms with Gasteiger partial charge in [-0.1, -0.05) is 56.3 Å². The first kappa shape index (κ1) is 31.1. The molecule has 4 rings (SSSR count). The largest absolute Gasteiger partial charge is 0.492 e. The fourth-order valence-electron chi connectivity index (χ4n) is 4.13. The average Bonchev–Trinajstić information content (AvgIpc) is 3.34. The van der Waals surface area contributed by atoms with Gasteiger partial charge in [-0.05, 0) is 41.6 Å². The van der Waals surface area contributed by atoms with Crippen molar-refractivity contribution in [2.45, 2.75) is 50.0 Å². The van der Waals surface area contributed by atoms with Crippen molar-refractivity contribution in [3.05, 3.63) is 77.7 Å². The first-order valence-electron chi connectivity index (χ1n) is 12.6. The van der Waals surface area contributed by atoms with E-state index in [9.17, 15) is 21.6 Å². The lowest BCUT2D eigenvalue weighted by Gasteiger charge is -2.35. The molecule has 218 valence electrons. The van der Waals surface area contributed by atoms with E-state index in [0.29, 0.717) is 12.5 Å². The molecule has 0 radical (unpaired) electrons. The number of alkyl halides is 3. The zero-order valence-electron chi connectivity index (χ0n) is 22.4. The molecule has 2 heterocycles. The predicted octanol–water partition coefficient (Wildman–Crippen LogP) is 3.86. The highest BCUT2D eigenvalue weighted by molar-refractivity contribution is 7.89. The van der Waals surface area contributed by atoms with Crippen molar-refractivity contribution in [1.29, 1.82) is 0 Å². The fraction of sp³-hybridized carbons (Fsp3) is 0.407. The van der Waals surface area contributed by atoms with E-state index in [1.54, 1.807) is 11.6 Å². The molecule has 0 fully saturated rings. The van der Waals surface area contributed by atoms with Crippen molar-refractivity contribution < 1.29 is 36.2 Å². The van der Waals surface area contributed by atoms with Gasteiger partial charge in [0, 0.05) is 31.7 Å². The second-order valence-electron chi connectivity index (χ2n) is 9.89. The topological polar surface area (TPSA) is 123 Å². The van der Waals surface area contributed by atoms with Crippen LogP contribution < -0.4 is 14.8 Å². The fourth-order valence-corrected chi connectivity index (χ4v) is 5.13. The molecule has 13 heteroatoms. The van der Waals surface area contributed by atoms with E-state index in [2.05, 4.69) is 59.2 Å². The van der Waals surface area contributed by atoms with E-state index in [-0.39, 0.29) is 23.5 Å². The van der Waals surface area contributed by atoms with Gasteiger partial charge in [-0.25, -0.2) is 22.9 Å². The van der Waals surface area contributed by atoms with Crippen LogP contribution in [0.1, 0.15) is 36.5 Å². The van der Waals surface area contributed by atoms with Crippen LogP contribution in [0.25, 0.3) is 0 Å². The second-order valence-corrected chi connectivity index (χ2v) is 11.6. The molecule has 3 N–H and O–H groups in total. The summed E-state index contributed by atoms with van der Waals surface area (Å²) in [4.78, 5) is 12.9. The van der Waals surface area contributed by atoms with Crippen LogP contribution in [0.15, 0.2) is 66.1 Å². The third-order valence-corrected chi connectivity index (χ3v) is 7.42. The number of ether oxygens (including phenoxy) is 1. The maximum absolute atomic E-state index is 12.6. The van der Waals surface area contributed by atoms with E-state index < -0.39 is 22.2 Å². The van der Waals surface area contributed by atoms with Gasteiger partial charge in [0.15, 0.2) is 5.03 Å². The lowest BCUT2D eigenvalue weighted by molar-refractivity contribution is -0.192. The molecular formula is C27H33F3N4O5S. The first-order chi connectivity index (χ1) is 18.8. The van der Waals surface area contributed by atoms with Crippen molar-refractivity contribution in [1.82, 2.24) is 19.6 Å². The standard InChI is InChI=1S/C25H32N4O3S.C2HF3O2/c1-18(2)13-26-23-16-32-24-10-9-20(14-28-33(30,31)25-15-29(3)17-27-25)12-22(24)21(23)11-19-7-5-4-6-8-19;3-2(4,5)1(6)7/h4-10,12,15,17-18,21,23,26,28H,11,13-14,16H2,1-3H3;(H,6,7)/t21-,23+;/m1./s1. The number of carboxylic acid groups (broad SMARTS) is 1. The average molecular weight is 583 g/mol. The van der Waals surface area contributed by atoms with Gasteiger partial charge in [-0.15, -0.1) is 0 Å². The summed E-state index contributed by atoms with van der Waals surface area (Å²) in [6, 6.07) is 16.6. The number of fused-ring (bicyclic) bond motifs is 1. The van der Waals surface area contributed by atoms with Crippen LogP contribution in [0, 0.1) is 5.92 Å². The Hall–Kier alpha value is -3.42. The van der Waals surface area contributed by atoms with Crippen LogP contribution in [0.2, 0.25) is 0 Å². The second kappa shape index (κ2) is 13.3. The van der Waals surface area contributed by atoms with Gasteiger partial charge in [0.25, 0.3) is 10.0 Å². The lowest BCUT2D eigenvalue weighted by atomic mass is 9.83. The third kappa shape index (κ3) is 8.80. The summed E-state index contributed by atoms with van der Waals surface area (Å²) in [7, 11) is -1.93. The molecule has 1 aliphatic heterocycles. The van der Waals surface area contributed by atoms with Gasteiger partial charge in [0.05, 0.1) is 6.33 Å². The number of aryl methyl sites for hydroxylation is 1. The van der Waals surface area contributed by atoms with Crippen molar-refractivity contribution in [2.75, 3.05) is 13.2 Å². The summed E-state index contributed by atoms with van der Waals surface area (Å²) in [5.41, 5.74) is 3.27. The SMILES string of the molecule is CC(C)CN[C@H]1COc2ccc(CNS(=O)(=O)c3cn(C)cn3)cc2[C@H]1Cc1ccccc1.O=C(O)C(F)(F)F. The number of nitrogens with one attached hydrogen (secondary N) is 2. The van der Waals surface area contributed by atoms with Crippen LogP contribution >= 0.6 is 0 Å². The number of nitrogens with zero attached hydrogens (tertiary/aromatic N) is 2. The Morgan fingerprint density at radius 3 is 2.42 bits per heavy atom. The molecule has 2 atom stereocenters. The molecular weight excluding hydrogens is 549 g/mol. The Balaban J connectivity index is 0.000000559. The summed E-state index contributed by atoms with van der Waals surface area (Å²) < 4.78 is 67.3. The molecule has 2 aromatic carbocycles. The van der Waals surface area contributed by atoms with Crippen LogP contribution in [-0.2, 0) is 34.8 Å². The number of hydrogen-bond donors (Lipinski definition) is 3. The number of aromatic nitrogens is 2. The maximum atomic E-state index is 12.6. The first-order valence-corrected chi connectivity index (χ1v) is 14.0. The van der Waals surface area contributed by atoms with E-state index in [1.807, 2.05) is 18.2 Å². The zero-order chi connectivity index (χ0) is 29.5. The lowest BCUT2D eigenvalue weighted by Crippen LogP contribution is -2.44.